The highest BCUT2D eigenvalue weighted by molar-refractivity contribution is 6.42. The van der Waals surface area contributed by atoms with Gasteiger partial charge in [-0.05, 0) is 10.8 Å². The van der Waals surface area contributed by atoms with E-state index in [1.54, 1.807) is 0 Å². The molecule has 0 N–H and O–H groups in total. The van der Waals surface area contributed by atoms with Gasteiger partial charge in [-0.15, -0.1) is 0 Å². The van der Waals surface area contributed by atoms with Gasteiger partial charge in [-0.2, -0.15) is 5.10 Å². The van der Waals surface area contributed by atoms with Gasteiger partial charge in [0.1, 0.15) is 0 Å². The van der Waals surface area contributed by atoms with Crippen LogP contribution in [-0.4, -0.2) is 37.5 Å². The Labute approximate surface area is 140 Å². The second-order valence-electron chi connectivity index (χ2n) is 5.63. The number of hydrogen-bond donors (Lipinski definition) is 0. The van der Waals surface area contributed by atoms with Crippen LogP contribution in [0.5, 0.6) is 0 Å². The van der Waals surface area contributed by atoms with Crippen LogP contribution in [0.4, 0.5) is 0 Å². The van der Waals surface area contributed by atoms with E-state index in [1.807, 2.05) is 30.5 Å². The van der Waals surface area contributed by atoms with Crippen molar-refractivity contribution in [1.82, 2.24) is 5.01 Å². The van der Waals surface area contributed by atoms with Crippen molar-refractivity contribution in [3.05, 3.63) is 59.1 Å². The summed E-state index contributed by atoms with van der Waals surface area (Å²) in [5.41, 5.74) is 1.12. The smallest absolute Gasteiger partial charge is 0.0659 e. The maximum atomic E-state index is 6.62. The second-order valence-corrected chi connectivity index (χ2v) is 6.01. The van der Waals surface area contributed by atoms with E-state index >= 15 is 0 Å². The third-order valence-corrected chi connectivity index (χ3v) is 4.65. The fourth-order valence-electron chi connectivity index (χ4n) is 3.06. The largest absolute Gasteiger partial charge is 0.378 e. The highest BCUT2D eigenvalue weighted by Crippen LogP contribution is 2.35. The molecule has 0 spiro atoms. The van der Waals surface area contributed by atoms with Crippen molar-refractivity contribution < 1.29 is 4.74 Å². The molecule has 3 nitrogen and oxygen atoms in total. The van der Waals surface area contributed by atoms with E-state index < -0.39 is 0 Å². The third kappa shape index (κ3) is 2.67. The lowest BCUT2D eigenvalue weighted by Crippen LogP contribution is -2.32. The molecule has 23 heavy (non-hydrogen) atoms. The fourth-order valence-corrected chi connectivity index (χ4v) is 3.39. The Hall–Kier alpha value is -2.10. The summed E-state index contributed by atoms with van der Waals surface area (Å²) in [4.78, 5) is 0. The van der Waals surface area contributed by atoms with E-state index in [9.17, 15) is 0 Å². The van der Waals surface area contributed by atoms with E-state index in [-0.39, 0.29) is 0 Å². The number of halogens is 1. The lowest BCUT2D eigenvalue weighted by Gasteiger charge is -2.23. The molecule has 3 aromatic rings. The molecular weight excluding hydrogens is 308 g/mol. The van der Waals surface area contributed by atoms with E-state index in [0.717, 1.165) is 58.4 Å². The van der Waals surface area contributed by atoms with Gasteiger partial charge in [-0.25, -0.2) is 0 Å². The number of benzene rings is 3. The van der Waals surface area contributed by atoms with Gasteiger partial charge in [0.25, 0.3) is 0 Å². The Morgan fingerprint density at radius 1 is 0.870 bits per heavy atom. The molecule has 1 aliphatic rings. The molecule has 1 aliphatic heterocycles. The van der Waals surface area contributed by atoms with Crippen LogP contribution in [0.3, 0.4) is 0 Å². The van der Waals surface area contributed by atoms with Crippen molar-refractivity contribution in [1.29, 1.82) is 0 Å². The van der Waals surface area contributed by atoms with Crippen molar-refractivity contribution in [3.63, 3.8) is 0 Å². The predicted octanol–water partition coefficient (Wildman–Crippen LogP) is 4.31. The number of ether oxygens (including phenoxy) is 1. The summed E-state index contributed by atoms with van der Waals surface area (Å²) in [5.74, 6) is 0. The van der Waals surface area contributed by atoms with Crippen molar-refractivity contribution in [2.45, 2.75) is 0 Å². The first kappa shape index (κ1) is 14.5. The lowest BCUT2D eigenvalue weighted by molar-refractivity contribution is 0.0397. The van der Waals surface area contributed by atoms with Crippen LogP contribution in [0.25, 0.3) is 21.5 Å². The summed E-state index contributed by atoms with van der Waals surface area (Å²) in [7, 11) is 0. The van der Waals surface area contributed by atoms with Gasteiger partial charge >= 0.3 is 0 Å². The molecule has 0 atom stereocenters. The van der Waals surface area contributed by atoms with E-state index in [2.05, 4.69) is 34.4 Å². The molecule has 0 unspecified atom stereocenters. The fraction of sp³-hybridized carbons (Fsp3) is 0.211. The average molecular weight is 325 g/mol. The van der Waals surface area contributed by atoms with E-state index in [1.165, 1.54) is 0 Å². The zero-order chi connectivity index (χ0) is 15.6. The molecule has 1 heterocycles. The second kappa shape index (κ2) is 6.19. The van der Waals surface area contributed by atoms with Gasteiger partial charge in [-0.1, -0.05) is 60.1 Å². The van der Waals surface area contributed by atoms with Gasteiger partial charge in [-0.3, -0.25) is 5.01 Å². The number of morpholine rings is 1. The molecule has 1 saturated heterocycles. The molecule has 0 amide bonds. The van der Waals surface area contributed by atoms with Gasteiger partial charge in [0, 0.05) is 16.3 Å². The van der Waals surface area contributed by atoms with Crippen LogP contribution in [0, 0.1) is 0 Å². The van der Waals surface area contributed by atoms with Crippen molar-refractivity contribution in [2.24, 2.45) is 5.10 Å². The minimum absolute atomic E-state index is 0.736. The van der Waals surface area contributed by atoms with Gasteiger partial charge in [0.2, 0.25) is 0 Å². The topological polar surface area (TPSA) is 24.8 Å². The molecule has 3 aromatic carbocycles. The number of nitrogens with zero attached hydrogens (tertiary/aromatic N) is 2. The van der Waals surface area contributed by atoms with E-state index in [4.69, 9.17) is 16.3 Å². The molecule has 0 aliphatic carbocycles. The maximum Gasteiger partial charge on any atom is 0.0659 e. The first-order valence-corrected chi connectivity index (χ1v) is 8.18. The molecular formula is C19H17ClN2O. The number of hydrogen-bond acceptors (Lipinski definition) is 3. The summed E-state index contributed by atoms with van der Waals surface area (Å²) in [5, 5.41) is 11.9. The minimum Gasteiger partial charge on any atom is -0.378 e. The number of hydrazone groups is 1. The highest BCUT2D eigenvalue weighted by atomic mass is 35.5. The predicted molar refractivity (Wildman–Crippen MR) is 96.5 cm³/mol. The summed E-state index contributed by atoms with van der Waals surface area (Å²) >= 11 is 6.62. The zero-order valence-electron chi connectivity index (χ0n) is 12.7. The molecule has 4 heteroatoms. The zero-order valence-corrected chi connectivity index (χ0v) is 13.5. The number of rotatable bonds is 2. The summed E-state index contributed by atoms with van der Waals surface area (Å²) in [6.07, 6.45) is 1.96. The average Bonchev–Trinajstić information content (AvgIpc) is 2.63. The Morgan fingerprint density at radius 3 is 1.96 bits per heavy atom. The SMILES string of the molecule is Clc1c2ccccc2c(C=NN2CCOCC2)c2ccccc12. The minimum atomic E-state index is 0.736. The molecule has 0 saturated carbocycles. The first-order valence-electron chi connectivity index (χ1n) is 7.80. The Morgan fingerprint density at radius 2 is 1.39 bits per heavy atom. The maximum absolute atomic E-state index is 6.62. The van der Waals surface area contributed by atoms with Crippen LogP contribution in [-0.2, 0) is 4.74 Å². The monoisotopic (exact) mass is 324 g/mol. The Balaban J connectivity index is 1.91. The summed E-state index contributed by atoms with van der Waals surface area (Å²) in [6.45, 7) is 3.14. The third-order valence-electron chi connectivity index (χ3n) is 4.25. The molecule has 0 radical (unpaired) electrons. The number of fused-ring (bicyclic) bond motifs is 2. The molecule has 0 aromatic heterocycles. The van der Waals surface area contributed by atoms with Crippen LogP contribution >= 0.6 is 11.6 Å². The molecule has 4 rings (SSSR count). The highest BCUT2D eigenvalue weighted by Gasteiger charge is 2.12. The Bertz CT molecular complexity index is 828. The van der Waals surface area contributed by atoms with Crippen LogP contribution in [0.2, 0.25) is 5.02 Å². The first-order chi connectivity index (χ1) is 11.3. The van der Waals surface area contributed by atoms with Crippen molar-refractivity contribution in [2.75, 3.05) is 26.3 Å². The van der Waals surface area contributed by atoms with Crippen LogP contribution < -0.4 is 0 Å². The van der Waals surface area contributed by atoms with Gasteiger partial charge in [0.15, 0.2) is 0 Å². The van der Waals surface area contributed by atoms with Gasteiger partial charge < -0.3 is 4.74 Å². The van der Waals surface area contributed by atoms with Crippen LogP contribution in [0.1, 0.15) is 5.56 Å². The van der Waals surface area contributed by atoms with Crippen LogP contribution in [0.15, 0.2) is 53.6 Å². The standard InChI is InChI=1S/C19H17ClN2O/c20-19-16-7-3-1-5-14(16)18(15-6-2-4-8-17(15)19)13-21-22-9-11-23-12-10-22/h1-8,13H,9-12H2. The lowest BCUT2D eigenvalue weighted by atomic mass is 9.97. The summed E-state index contributed by atoms with van der Waals surface area (Å²) in [6, 6.07) is 16.5. The molecule has 1 fully saturated rings. The summed E-state index contributed by atoms with van der Waals surface area (Å²) < 4.78 is 5.37. The van der Waals surface area contributed by atoms with Gasteiger partial charge in [0.05, 0.1) is 37.5 Å². The Kier molecular flexibility index (Phi) is 3.90. The quantitative estimate of drug-likeness (QED) is 0.518. The van der Waals surface area contributed by atoms with E-state index in [0.29, 0.717) is 0 Å². The molecule has 0 bridgehead atoms. The van der Waals surface area contributed by atoms with Crippen molar-refractivity contribution >= 4 is 39.4 Å². The molecule has 116 valence electrons. The van der Waals surface area contributed by atoms with Crippen molar-refractivity contribution in [3.8, 4) is 0 Å². The normalized spacial score (nSPS) is 15.8.